The van der Waals surface area contributed by atoms with Gasteiger partial charge in [-0.05, 0) is 12.8 Å². The number of ether oxygens (including phenoxy) is 4. The Balaban J connectivity index is 4.17. The average Bonchev–Trinajstić information content (AvgIpc) is 2.77. The Labute approximate surface area is 184 Å². The third-order valence-electron chi connectivity index (χ3n) is 5.29. The lowest BCUT2D eigenvalue weighted by molar-refractivity contribution is -0.161. The highest BCUT2D eigenvalue weighted by Crippen LogP contribution is 2.13. The van der Waals surface area contributed by atoms with Gasteiger partial charge in [0.15, 0.2) is 12.2 Å². The van der Waals surface area contributed by atoms with Crippen LogP contribution in [0.2, 0.25) is 0 Å². The van der Waals surface area contributed by atoms with Gasteiger partial charge < -0.3 is 18.9 Å². The molecule has 30 heavy (non-hydrogen) atoms. The molecule has 0 amide bonds. The Hall–Kier alpha value is -1.14. The molecule has 0 fully saturated rings. The molecule has 0 saturated carbocycles. The first kappa shape index (κ1) is 28.9. The molecule has 178 valence electrons. The fraction of sp³-hybridized carbons (Fsp3) is 0.917. The van der Waals surface area contributed by atoms with E-state index in [1.54, 1.807) is 0 Å². The number of carbonyl (C=O) groups excluding carboxylic acids is 2. The normalized spacial score (nSPS) is 13.1. The number of carbonyl (C=O) groups is 2. The van der Waals surface area contributed by atoms with Crippen molar-refractivity contribution in [3.8, 4) is 0 Å². The first-order chi connectivity index (χ1) is 14.6. The average molecular weight is 431 g/mol. The number of methoxy groups -OCH3 is 2. The van der Waals surface area contributed by atoms with Gasteiger partial charge in [-0.3, -0.25) is 0 Å². The summed E-state index contributed by atoms with van der Waals surface area (Å²) in [5.41, 5.74) is 0. The summed E-state index contributed by atoms with van der Waals surface area (Å²) < 4.78 is 21.1. The number of rotatable bonds is 21. The molecule has 6 heteroatoms. The summed E-state index contributed by atoms with van der Waals surface area (Å²) in [6.45, 7) is 4.89. The SMILES string of the molecule is CCCCCCCCC(OCCOC(CCCCCCCC)C(=O)OC)C(=O)OC. The number of hydrogen-bond acceptors (Lipinski definition) is 6. The molecule has 0 aliphatic rings. The van der Waals surface area contributed by atoms with Crippen LogP contribution in [0.3, 0.4) is 0 Å². The van der Waals surface area contributed by atoms with E-state index in [-0.39, 0.29) is 25.2 Å². The molecule has 0 rings (SSSR count). The van der Waals surface area contributed by atoms with Crippen molar-refractivity contribution in [3.63, 3.8) is 0 Å². The minimum Gasteiger partial charge on any atom is -0.467 e. The van der Waals surface area contributed by atoms with E-state index in [4.69, 9.17) is 18.9 Å². The second kappa shape index (κ2) is 21.1. The topological polar surface area (TPSA) is 71.1 Å². The highest BCUT2D eigenvalue weighted by atomic mass is 16.6. The van der Waals surface area contributed by atoms with E-state index in [9.17, 15) is 9.59 Å². The summed E-state index contributed by atoms with van der Waals surface area (Å²) in [5.74, 6) is -0.694. The zero-order chi connectivity index (χ0) is 22.5. The van der Waals surface area contributed by atoms with Crippen LogP contribution in [0, 0.1) is 0 Å². The van der Waals surface area contributed by atoms with Gasteiger partial charge in [0.1, 0.15) is 0 Å². The molecular weight excluding hydrogens is 384 g/mol. The van der Waals surface area contributed by atoms with Crippen LogP contribution in [0.5, 0.6) is 0 Å². The first-order valence-electron chi connectivity index (χ1n) is 12.0. The summed E-state index contributed by atoms with van der Waals surface area (Å²) in [6, 6.07) is 0. The Morgan fingerprint density at radius 1 is 0.567 bits per heavy atom. The molecule has 6 nitrogen and oxygen atoms in total. The predicted octanol–water partition coefficient (Wildman–Crippen LogP) is 5.60. The number of esters is 2. The van der Waals surface area contributed by atoms with E-state index in [0.717, 1.165) is 25.7 Å². The van der Waals surface area contributed by atoms with E-state index in [1.165, 1.54) is 65.6 Å². The molecule has 0 N–H and O–H groups in total. The van der Waals surface area contributed by atoms with Gasteiger partial charge in [-0.1, -0.05) is 90.9 Å². The molecule has 0 bridgehead atoms. The maximum atomic E-state index is 11.9. The fourth-order valence-corrected chi connectivity index (χ4v) is 3.40. The lowest BCUT2D eigenvalue weighted by Crippen LogP contribution is -2.30. The van der Waals surface area contributed by atoms with Crippen molar-refractivity contribution in [1.29, 1.82) is 0 Å². The highest BCUT2D eigenvalue weighted by molar-refractivity contribution is 5.74. The van der Waals surface area contributed by atoms with E-state index in [2.05, 4.69) is 13.8 Å². The van der Waals surface area contributed by atoms with Gasteiger partial charge in [0, 0.05) is 0 Å². The summed E-state index contributed by atoms with van der Waals surface area (Å²) in [5, 5.41) is 0. The highest BCUT2D eigenvalue weighted by Gasteiger charge is 2.22. The molecular formula is C24H46O6. The molecule has 0 aliphatic carbocycles. The molecule has 0 aliphatic heterocycles. The lowest BCUT2D eigenvalue weighted by Gasteiger charge is -2.18. The van der Waals surface area contributed by atoms with E-state index in [1.807, 2.05) is 0 Å². The van der Waals surface area contributed by atoms with E-state index in [0.29, 0.717) is 12.8 Å². The van der Waals surface area contributed by atoms with Crippen LogP contribution in [0.15, 0.2) is 0 Å². The molecule has 2 unspecified atom stereocenters. The molecule has 0 spiro atoms. The third kappa shape index (κ3) is 15.7. The molecule has 0 radical (unpaired) electrons. The maximum Gasteiger partial charge on any atom is 0.334 e. The van der Waals surface area contributed by atoms with Crippen molar-refractivity contribution in [2.45, 2.75) is 116 Å². The fourth-order valence-electron chi connectivity index (χ4n) is 3.40. The third-order valence-corrected chi connectivity index (χ3v) is 5.29. The summed E-state index contributed by atoms with van der Waals surface area (Å²) in [7, 11) is 2.76. The minimum absolute atomic E-state index is 0.250. The van der Waals surface area contributed by atoms with Crippen LogP contribution >= 0.6 is 0 Å². The second-order valence-electron chi connectivity index (χ2n) is 7.88. The van der Waals surface area contributed by atoms with Gasteiger partial charge in [-0.25, -0.2) is 9.59 Å². The van der Waals surface area contributed by atoms with Gasteiger partial charge >= 0.3 is 11.9 Å². The van der Waals surface area contributed by atoms with Gasteiger partial charge in [0.25, 0.3) is 0 Å². The molecule has 0 aromatic carbocycles. The number of unbranched alkanes of at least 4 members (excludes halogenated alkanes) is 10. The largest absolute Gasteiger partial charge is 0.467 e. The van der Waals surface area contributed by atoms with Crippen molar-refractivity contribution in [3.05, 3.63) is 0 Å². The summed E-state index contributed by atoms with van der Waals surface area (Å²) in [4.78, 5) is 23.9. The van der Waals surface area contributed by atoms with Gasteiger partial charge in [-0.2, -0.15) is 0 Å². The summed E-state index contributed by atoms with van der Waals surface area (Å²) in [6.07, 6.45) is 14.0. The van der Waals surface area contributed by atoms with Crippen molar-refractivity contribution < 1.29 is 28.5 Å². The smallest absolute Gasteiger partial charge is 0.334 e. The first-order valence-corrected chi connectivity index (χ1v) is 12.0. The Bertz CT molecular complexity index is 375. The lowest BCUT2D eigenvalue weighted by atomic mass is 10.1. The zero-order valence-corrected chi connectivity index (χ0v) is 19.9. The molecule has 0 heterocycles. The number of hydrogen-bond donors (Lipinski definition) is 0. The van der Waals surface area contributed by atoms with Gasteiger partial charge in [0.05, 0.1) is 27.4 Å². The van der Waals surface area contributed by atoms with E-state index >= 15 is 0 Å². The second-order valence-corrected chi connectivity index (χ2v) is 7.88. The van der Waals surface area contributed by atoms with Crippen molar-refractivity contribution >= 4 is 11.9 Å². The molecule has 0 aromatic heterocycles. The molecule has 0 aromatic rings. The quantitative estimate of drug-likeness (QED) is 0.174. The zero-order valence-electron chi connectivity index (χ0n) is 19.9. The van der Waals surface area contributed by atoms with Crippen LogP contribution in [0.1, 0.15) is 104 Å². The van der Waals surface area contributed by atoms with Crippen LogP contribution < -0.4 is 0 Å². The van der Waals surface area contributed by atoms with Crippen LogP contribution in [-0.4, -0.2) is 51.6 Å². The molecule has 0 saturated heterocycles. The Morgan fingerprint density at radius 3 is 1.23 bits per heavy atom. The maximum absolute atomic E-state index is 11.9. The van der Waals surface area contributed by atoms with Crippen molar-refractivity contribution in [2.75, 3.05) is 27.4 Å². The Kier molecular flexibility index (Phi) is 20.3. The molecule has 2 atom stereocenters. The van der Waals surface area contributed by atoms with Crippen LogP contribution in [0.4, 0.5) is 0 Å². The van der Waals surface area contributed by atoms with Gasteiger partial charge in [0.2, 0.25) is 0 Å². The minimum atomic E-state index is -0.570. The monoisotopic (exact) mass is 430 g/mol. The van der Waals surface area contributed by atoms with Gasteiger partial charge in [-0.15, -0.1) is 0 Å². The Morgan fingerprint density at radius 2 is 0.900 bits per heavy atom. The van der Waals surface area contributed by atoms with E-state index < -0.39 is 12.2 Å². The predicted molar refractivity (Wildman–Crippen MR) is 119 cm³/mol. The summed E-state index contributed by atoms with van der Waals surface area (Å²) >= 11 is 0. The van der Waals surface area contributed by atoms with Crippen LogP contribution in [0.25, 0.3) is 0 Å². The van der Waals surface area contributed by atoms with Crippen molar-refractivity contribution in [2.24, 2.45) is 0 Å². The standard InChI is InChI=1S/C24H46O6/c1-5-7-9-11-13-15-17-21(23(25)27-3)29-19-20-30-22(24(26)28-4)18-16-14-12-10-8-6-2/h21-22H,5-20H2,1-4H3. The van der Waals surface area contributed by atoms with Crippen LogP contribution in [-0.2, 0) is 28.5 Å². The van der Waals surface area contributed by atoms with Crippen molar-refractivity contribution in [1.82, 2.24) is 0 Å².